The third kappa shape index (κ3) is 3.07. The average Bonchev–Trinajstić information content (AvgIpc) is 2.42. The van der Waals surface area contributed by atoms with E-state index in [-0.39, 0.29) is 12.1 Å². The first-order chi connectivity index (χ1) is 10.5. The number of hydrogen-bond acceptors (Lipinski definition) is 1. The number of rotatable bonds is 3. The largest absolute Gasteiger partial charge is 0.430 e. The molecule has 10 heteroatoms. The van der Waals surface area contributed by atoms with E-state index in [4.69, 9.17) is 0 Å². The van der Waals surface area contributed by atoms with Crippen LogP contribution in [-0.4, -0.2) is 23.6 Å². The molecular weight excluding hydrogens is 355 g/mol. The van der Waals surface area contributed by atoms with Crippen molar-refractivity contribution >= 4 is 0 Å². The SMILES string of the molecule is CCC(C)(c1ccc(C(O)(C(F)(F)F)C(F)(F)F)cc1)C(F)(F)F. The highest BCUT2D eigenvalue weighted by molar-refractivity contribution is 5.34. The molecule has 0 aromatic heterocycles. The molecule has 1 aromatic rings. The van der Waals surface area contributed by atoms with Crippen molar-refractivity contribution in [3.05, 3.63) is 35.4 Å². The van der Waals surface area contributed by atoms with Gasteiger partial charge in [0, 0.05) is 5.56 Å². The fraction of sp³-hybridized carbons (Fsp3) is 0.571. The molecule has 0 bridgehead atoms. The first-order valence-electron chi connectivity index (χ1n) is 6.56. The van der Waals surface area contributed by atoms with Gasteiger partial charge in [-0.05, 0) is 18.9 Å². The van der Waals surface area contributed by atoms with Gasteiger partial charge in [0.1, 0.15) is 0 Å². The second-order valence-corrected chi connectivity index (χ2v) is 5.47. The Kier molecular flexibility index (Phi) is 4.99. The van der Waals surface area contributed by atoms with Crippen molar-refractivity contribution in [2.75, 3.05) is 0 Å². The van der Waals surface area contributed by atoms with Gasteiger partial charge in [-0.15, -0.1) is 0 Å². The van der Waals surface area contributed by atoms with Crippen LogP contribution in [0.25, 0.3) is 0 Å². The Bertz CT molecular complexity index is 554. The Morgan fingerprint density at radius 1 is 0.708 bits per heavy atom. The van der Waals surface area contributed by atoms with Crippen molar-refractivity contribution < 1.29 is 44.6 Å². The topological polar surface area (TPSA) is 20.2 Å². The molecule has 0 aliphatic rings. The van der Waals surface area contributed by atoms with Crippen LogP contribution in [0, 0.1) is 0 Å². The summed E-state index contributed by atoms with van der Waals surface area (Å²) in [6.07, 6.45) is -17.4. The molecule has 1 unspecified atom stereocenters. The van der Waals surface area contributed by atoms with Crippen molar-refractivity contribution in [3.8, 4) is 0 Å². The highest BCUT2D eigenvalue weighted by Gasteiger charge is 2.71. The van der Waals surface area contributed by atoms with E-state index in [0.29, 0.717) is 12.1 Å². The van der Waals surface area contributed by atoms with E-state index in [0.717, 1.165) is 6.92 Å². The van der Waals surface area contributed by atoms with Gasteiger partial charge < -0.3 is 5.11 Å². The number of hydrogen-bond donors (Lipinski definition) is 1. The van der Waals surface area contributed by atoms with Crippen LogP contribution in [0.2, 0.25) is 0 Å². The van der Waals surface area contributed by atoms with E-state index in [1.807, 2.05) is 0 Å². The second kappa shape index (κ2) is 5.82. The third-order valence-electron chi connectivity index (χ3n) is 4.09. The molecule has 0 amide bonds. The van der Waals surface area contributed by atoms with E-state index in [2.05, 4.69) is 0 Å². The molecule has 0 aliphatic heterocycles. The van der Waals surface area contributed by atoms with E-state index in [9.17, 15) is 44.6 Å². The molecule has 1 atom stereocenters. The Balaban J connectivity index is 3.47. The van der Waals surface area contributed by atoms with Crippen LogP contribution >= 0.6 is 0 Å². The van der Waals surface area contributed by atoms with Gasteiger partial charge >= 0.3 is 18.5 Å². The summed E-state index contributed by atoms with van der Waals surface area (Å²) in [7, 11) is 0. The number of alkyl halides is 9. The molecule has 0 saturated heterocycles. The Morgan fingerprint density at radius 3 is 1.29 bits per heavy atom. The maximum absolute atomic E-state index is 13.1. The van der Waals surface area contributed by atoms with Crippen molar-refractivity contribution in [3.63, 3.8) is 0 Å². The predicted molar refractivity (Wildman–Crippen MR) is 66.1 cm³/mol. The third-order valence-corrected chi connectivity index (χ3v) is 4.09. The molecule has 1 aromatic carbocycles. The predicted octanol–water partition coefficient (Wildman–Crippen LogP) is 5.23. The molecule has 1 nitrogen and oxygen atoms in total. The standard InChI is InChI=1S/C14H13F9O/c1-3-10(2,12(15,16)17)8-4-6-9(7-5-8)11(24,13(18,19)20)14(21,22)23/h4-7,24H,3H2,1-2H3. The summed E-state index contributed by atoms with van der Waals surface area (Å²) in [5.74, 6) is 0. The summed E-state index contributed by atoms with van der Waals surface area (Å²) in [6, 6.07) is 1.43. The molecule has 1 N–H and O–H groups in total. The minimum atomic E-state index is -6.09. The van der Waals surface area contributed by atoms with Crippen LogP contribution in [0.1, 0.15) is 31.4 Å². The quantitative estimate of drug-likeness (QED) is 0.725. The highest BCUT2D eigenvalue weighted by Crippen LogP contribution is 2.50. The maximum atomic E-state index is 13.1. The van der Waals surface area contributed by atoms with Crippen molar-refractivity contribution in [1.82, 2.24) is 0 Å². The van der Waals surface area contributed by atoms with Crippen LogP contribution in [-0.2, 0) is 11.0 Å². The molecule has 0 fully saturated rings. The van der Waals surface area contributed by atoms with Crippen LogP contribution in [0.15, 0.2) is 24.3 Å². The van der Waals surface area contributed by atoms with Crippen LogP contribution in [0.3, 0.4) is 0 Å². The molecular formula is C14H13F9O. The lowest BCUT2D eigenvalue weighted by Crippen LogP contribution is -2.54. The lowest BCUT2D eigenvalue weighted by Gasteiger charge is -2.34. The van der Waals surface area contributed by atoms with Crippen LogP contribution in [0.4, 0.5) is 39.5 Å². The van der Waals surface area contributed by atoms with Gasteiger partial charge in [0.15, 0.2) is 0 Å². The Hall–Kier alpha value is -1.45. The zero-order valence-corrected chi connectivity index (χ0v) is 12.4. The second-order valence-electron chi connectivity index (χ2n) is 5.47. The van der Waals surface area contributed by atoms with E-state index in [1.165, 1.54) is 6.92 Å². The highest BCUT2D eigenvalue weighted by atomic mass is 19.4. The summed E-state index contributed by atoms with van der Waals surface area (Å²) >= 11 is 0. The van der Waals surface area contributed by atoms with Crippen LogP contribution in [0.5, 0.6) is 0 Å². The molecule has 0 radical (unpaired) electrons. The zero-order valence-electron chi connectivity index (χ0n) is 12.4. The van der Waals surface area contributed by atoms with Crippen molar-refractivity contribution in [1.29, 1.82) is 0 Å². The summed E-state index contributed by atoms with van der Waals surface area (Å²) < 4.78 is 116. The van der Waals surface area contributed by atoms with Gasteiger partial charge in [-0.3, -0.25) is 0 Å². The van der Waals surface area contributed by atoms with Gasteiger partial charge in [0.05, 0.1) is 5.41 Å². The summed E-state index contributed by atoms with van der Waals surface area (Å²) in [5.41, 5.74) is -9.72. The molecule has 0 spiro atoms. The molecule has 0 aliphatic carbocycles. The normalized spacial score (nSPS) is 16.8. The van der Waals surface area contributed by atoms with E-state index < -0.39 is 47.1 Å². The van der Waals surface area contributed by atoms with Gasteiger partial charge in [-0.25, -0.2) is 0 Å². The fourth-order valence-electron chi connectivity index (χ4n) is 2.14. The van der Waals surface area contributed by atoms with Crippen molar-refractivity contribution in [2.45, 2.75) is 49.8 Å². The maximum Gasteiger partial charge on any atom is 0.430 e. The fourth-order valence-corrected chi connectivity index (χ4v) is 2.14. The van der Waals surface area contributed by atoms with E-state index >= 15 is 0 Å². The Labute approximate surface area is 131 Å². The lowest BCUT2D eigenvalue weighted by molar-refractivity contribution is -0.376. The Morgan fingerprint density at radius 2 is 1.04 bits per heavy atom. The molecule has 0 heterocycles. The number of aliphatic hydroxyl groups is 1. The molecule has 138 valence electrons. The number of benzene rings is 1. The molecule has 1 rings (SSSR count). The minimum Gasteiger partial charge on any atom is -0.369 e. The summed E-state index contributed by atoms with van der Waals surface area (Å²) in [5, 5.41) is 9.19. The van der Waals surface area contributed by atoms with E-state index in [1.54, 1.807) is 0 Å². The summed E-state index contributed by atoms with van der Waals surface area (Å²) in [6.45, 7) is 1.96. The minimum absolute atomic E-state index is 0.204. The molecule has 24 heavy (non-hydrogen) atoms. The van der Waals surface area contributed by atoms with Gasteiger partial charge in [0.25, 0.3) is 5.60 Å². The zero-order chi connectivity index (χ0) is 19.2. The van der Waals surface area contributed by atoms with Gasteiger partial charge in [0.2, 0.25) is 0 Å². The summed E-state index contributed by atoms with van der Waals surface area (Å²) in [4.78, 5) is 0. The van der Waals surface area contributed by atoms with Gasteiger partial charge in [-0.2, -0.15) is 39.5 Å². The first kappa shape index (κ1) is 20.6. The first-order valence-corrected chi connectivity index (χ1v) is 6.56. The van der Waals surface area contributed by atoms with Crippen LogP contribution < -0.4 is 0 Å². The van der Waals surface area contributed by atoms with Gasteiger partial charge in [-0.1, -0.05) is 31.2 Å². The monoisotopic (exact) mass is 368 g/mol. The number of halogens is 9. The van der Waals surface area contributed by atoms with Crippen molar-refractivity contribution in [2.24, 2.45) is 0 Å². The lowest BCUT2D eigenvalue weighted by atomic mass is 9.78. The smallest absolute Gasteiger partial charge is 0.369 e. The molecule has 0 saturated carbocycles. The average molecular weight is 368 g/mol.